The largest absolute Gasteiger partial charge is 0.380 e. The maximum atomic E-state index is 5.56. The van der Waals surface area contributed by atoms with Crippen molar-refractivity contribution in [3.63, 3.8) is 0 Å². The molecule has 0 aliphatic heterocycles. The van der Waals surface area contributed by atoms with E-state index >= 15 is 0 Å². The van der Waals surface area contributed by atoms with Crippen molar-refractivity contribution in [3.8, 4) is 0 Å². The molecule has 20 heavy (non-hydrogen) atoms. The number of methoxy groups -OCH3 is 1. The molecule has 3 atom stereocenters. The van der Waals surface area contributed by atoms with E-state index < -0.39 is 0 Å². The van der Waals surface area contributed by atoms with Crippen molar-refractivity contribution in [2.75, 3.05) is 7.11 Å². The lowest BCUT2D eigenvalue weighted by Gasteiger charge is -2.24. The molecule has 0 bridgehead atoms. The highest BCUT2D eigenvalue weighted by molar-refractivity contribution is 5.75. The summed E-state index contributed by atoms with van der Waals surface area (Å²) in [5, 5.41) is 3.69. The molecule has 0 radical (unpaired) electrons. The molecule has 1 aliphatic rings. The van der Waals surface area contributed by atoms with Gasteiger partial charge in [0, 0.05) is 20.2 Å². The van der Waals surface area contributed by atoms with Crippen molar-refractivity contribution in [3.05, 3.63) is 30.1 Å². The zero-order valence-electron chi connectivity index (χ0n) is 12.5. The van der Waals surface area contributed by atoms with Crippen molar-refractivity contribution >= 4 is 11.0 Å². The smallest absolute Gasteiger partial charge is 0.126 e. The lowest BCUT2D eigenvalue weighted by molar-refractivity contribution is 0.0815. The number of ether oxygens (including phenoxy) is 1. The third kappa shape index (κ3) is 2.34. The van der Waals surface area contributed by atoms with Crippen LogP contribution < -0.4 is 5.32 Å². The van der Waals surface area contributed by atoms with Gasteiger partial charge in [0.25, 0.3) is 0 Å². The van der Waals surface area contributed by atoms with Gasteiger partial charge in [0.2, 0.25) is 0 Å². The van der Waals surface area contributed by atoms with Crippen molar-refractivity contribution in [1.82, 2.24) is 14.9 Å². The third-order valence-corrected chi connectivity index (χ3v) is 4.43. The summed E-state index contributed by atoms with van der Waals surface area (Å²) in [7, 11) is 3.90. The van der Waals surface area contributed by atoms with Crippen LogP contribution in [-0.4, -0.2) is 28.8 Å². The standard InChI is InChI=1S/C16H23N3O/c1-11(17-13-8-6-10-15(13)20-3)16-18-12-7-4-5-9-14(12)19(16)2/h4-5,7,9,11,13,15,17H,6,8,10H2,1-3H3. The van der Waals surface area contributed by atoms with E-state index in [2.05, 4.69) is 42.1 Å². The minimum Gasteiger partial charge on any atom is -0.380 e. The second-order valence-corrected chi connectivity index (χ2v) is 5.72. The normalized spacial score (nSPS) is 24.4. The van der Waals surface area contributed by atoms with Crippen LogP contribution in [0.4, 0.5) is 0 Å². The Hall–Kier alpha value is -1.39. The molecule has 1 aromatic carbocycles. The van der Waals surface area contributed by atoms with Crippen LogP contribution in [0.3, 0.4) is 0 Å². The number of aryl methyl sites for hydroxylation is 1. The summed E-state index contributed by atoms with van der Waals surface area (Å²) in [6, 6.07) is 8.95. The van der Waals surface area contributed by atoms with Gasteiger partial charge in [-0.2, -0.15) is 0 Å². The molecular formula is C16H23N3O. The molecule has 0 spiro atoms. The average Bonchev–Trinajstić information content (AvgIpc) is 3.04. The van der Waals surface area contributed by atoms with E-state index in [1.165, 1.54) is 18.4 Å². The molecule has 4 heteroatoms. The van der Waals surface area contributed by atoms with E-state index in [0.29, 0.717) is 12.1 Å². The third-order valence-electron chi connectivity index (χ3n) is 4.43. The second-order valence-electron chi connectivity index (χ2n) is 5.72. The number of nitrogens with one attached hydrogen (secondary N) is 1. The highest BCUT2D eigenvalue weighted by Crippen LogP contribution is 2.25. The van der Waals surface area contributed by atoms with Gasteiger partial charge in [-0.3, -0.25) is 0 Å². The minimum atomic E-state index is 0.230. The van der Waals surface area contributed by atoms with Crippen molar-refractivity contribution < 1.29 is 4.74 Å². The number of para-hydroxylation sites is 2. The topological polar surface area (TPSA) is 39.1 Å². The molecule has 3 unspecified atom stereocenters. The van der Waals surface area contributed by atoms with Crippen molar-refractivity contribution in [2.24, 2.45) is 7.05 Å². The number of hydrogen-bond acceptors (Lipinski definition) is 3. The monoisotopic (exact) mass is 273 g/mol. The summed E-state index contributed by atoms with van der Waals surface area (Å²) >= 11 is 0. The maximum absolute atomic E-state index is 5.56. The number of rotatable bonds is 4. The Labute approximate surface area is 120 Å². The first-order chi connectivity index (χ1) is 9.70. The van der Waals surface area contributed by atoms with E-state index in [0.717, 1.165) is 17.8 Å². The molecule has 4 nitrogen and oxygen atoms in total. The molecule has 0 saturated heterocycles. The predicted molar refractivity (Wildman–Crippen MR) is 80.7 cm³/mol. The van der Waals surface area contributed by atoms with E-state index in [1.807, 2.05) is 13.2 Å². The molecule has 1 aliphatic carbocycles. The molecule has 108 valence electrons. The summed E-state index contributed by atoms with van der Waals surface area (Å²) in [5.41, 5.74) is 2.25. The lowest BCUT2D eigenvalue weighted by Crippen LogP contribution is -2.39. The van der Waals surface area contributed by atoms with Crippen LogP contribution in [0.25, 0.3) is 11.0 Å². The predicted octanol–water partition coefficient (Wildman–Crippen LogP) is 2.79. The van der Waals surface area contributed by atoms with Crippen LogP contribution in [0.5, 0.6) is 0 Å². The molecule has 2 aromatic rings. The van der Waals surface area contributed by atoms with Crippen LogP contribution in [0.2, 0.25) is 0 Å². The average molecular weight is 273 g/mol. The Balaban J connectivity index is 1.82. The van der Waals surface area contributed by atoms with Gasteiger partial charge < -0.3 is 14.6 Å². The van der Waals surface area contributed by atoms with E-state index in [4.69, 9.17) is 9.72 Å². The van der Waals surface area contributed by atoms with Gasteiger partial charge >= 0.3 is 0 Å². The summed E-state index contributed by atoms with van der Waals surface area (Å²) in [6.45, 7) is 2.19. The number of nitrogens with zero attached hydrogens (tertiary/aromatic N) is 2. The second kappa shape index (κ2) is 5.54. The first-order valence-corrected chi connectivity index (χ1v) is 7.41. The Bertz CT molecular complexity index is 592. The Morgan fingerprint density at radius 1 is 1.35 bits per heavy atom. The fourth-order valence-electron chi connectivity index (χ4n) is 3.35. The molecule has 0 amide bonds. The zero-order chi connectivity index (χ0) is 14.1. The summed E-state index contributed by atoms with van der Waals surface area (Å²) < 4.78 is 7.74. The quantitative estimate of drug-likeness (QED) is 0.931. The molecule has 1 aromatic heterocycles. The zero-order valence-corrected chi connectivity index (χ0v) is 12.5. The Kier molecular flexibility index (Phi) is 3.76. The van der Waals surface area contributed by atoms with E-state index in [9.17, 15) is 0 Å². The van der Waals surface area contributed by atoms with Gasteiger partial charge in [-0.25, -0.2) is 4.98 Å². The fraction of sp³-hybridized carbons (Fsp3) is 0.562. The Morgan fingerprint density at radius 2 is 2.15 bits per heavy atom. The van der Waals surface area contributed by atoms with Crippen LogP contribution in [-0.2, 0) is 11.8 Å². The van der Waals surface area contributed by atoms with Crippen LogP contribution in [0.1, 0.15) is 38.1 Å². The number of hydrogen-bond donors (Lipinski definition) is 1. The van der Waals surface area contributed by atoms with Gasteiger partial charge in [-0.15, -0.1) is 0 Å². The SMILES string of the molecule is COC1CCCC1NC(C)c1nc2ccccc2n1C. The van der Waals surface area contributed by atoms with Gasteiger partial charge in [0.05, 0.1) is 23.2 Å². The Morgan fingerprint density at radius 3 is 2.90 bits per heavy atom. The minimum absolute atomic E-state index is 0.230. The number of benzene rings is 1. The molecule has 1 fully saturated rings. The fourth-order valence-corrected chi connectivity index (χ4v) is 3.35. The number of imidazole rings is 1. The van der Waals surface area contributed by atoms with Gasteiger partial charge in [-0.05, 0) is 38.3 Å². The molecular weight excluding hydrogens is 250 g/mol. The van der Waals surface area contributed by atoms with Gasteiger partial charge in [0.1, 0.15) is 5.82 Å². The first kappa shape index (κ1) is 13.6. The summed E-state index contributed by atoms with van der Waals surface area (Å²) in [5.74, 6) is 1.09. The highest BCUT2D eigenvalue weighted by atomic mass is 16.5. The number of aromatic nitrogens is 2. The van der Waals surface area contributed by atoms with Crippen molar-refractivity contribution in [2.45, 2.75) is 44.4 Å². The summed E-state index contributed by atoms with van der Waals surface area (Å²) in [6.07, 6.45) is 3.92. The number of fused-ring (bicyclic) bond motifs is 1. The van der Waals surface area contributed by atoms with Crippen LogP contribution in [0.15, 0.2) is 24.3 Å². The highest BCUT2D eigenvalue weighted by Gasteiger charge is 2.29. The van der Waals surface area contributed by atoms with Crippen LogP contribution >= 0.6 is 0 Å². The van der Waals surface area contributed by atoms with Gasteiger partial charge in [-0.1, -0.05) is 12.1 Å². The molecule has 1 saturated carbocycles. The first-order valence-electron chi connectivity index (χ1n) is 7.41. The van der Waals surface area contributed by atoms with Gasteiger partial charge in [0.15, 0.2) is 0 Å². The van der Waals surface area contributed by atoms with Crippen LogP contribution in [0, 0.1) is 0 Å². The molecule has 1 N–H and O–H groups in total. The summed E-state index contributed by atoms with van der Waals surface area (Å²) in [4.78, 5) is 4.76. The molecule has 3 rings (SSSR count). The maximum Gasteiger partial charge on any atom is 0.126 e. The van der Waals surface area contributed by atoms with E-state index in [1.54, 1.807) is 0 Å². The molecule has 1 heterocycles. The lowest BCUT2D eigenvalue weighted by atomic mass is 10.2. The van der Waals surface area contributed by atoms with Crippen molar-refractivity contribution in [1.29, 1.82) is 0 Å². The van der Waals surface area contributed by atoms with E-state index in [-0.39, 0.29) is 6.04 Å².